The second kappa shape index (κ2) is 6.06. The maximum absolute atomic E-state index is 4.73. The minimum atomic E-state index is 0.759. The van der Waals surface area contributed by atoms with E-state index in [1.165, 1.54) is 9.75 Å². The molecule has 2 aromatic heterocycles. The van der Waals surface area contributed by atoms with Gasteiger partial charge in [0.05, 0.1) is 10.6 Å². The van der Waals surface area contributed by atoms with Gasteiger partial charge in [0.2, 0.25) is 0 Å². The number of aryl methyl sites for hydroxylation is 1. The molecule has 1 N–H and O–H groups in total. The molecular formula is C17H17N3S. The lowest BCUT2D eigenvalue weighted by Gasteiger charge is -2.08. The Morgan fingerprint density at radius 2 is 1.86 bits per heavy atom. The molecule has 0 saturated heterocycles. The van der Waals surface area contributed by atoms with Gasteiger partial charge in [-0.25, -0.2) is 9.97 Å². The van der Waals surface area contributed by atoms with E-state index < -0.39 is 0 Å². The van der Waals surface area contributed by atoms with Gasteiger partial charge in [0.1, 0.15) is 5.82 Å². The molecule has 21 heavy (non-hydrogen) atoms. The third kappa shape index (κ3) is 3.11. The van der Waals surface area contributed by atoms with Gasteiger partial charge in [0.15, 0.2) is 5.82 Å². The highest BCUT2D eigenvalue weighted by Gasteiger charge is 2.09. The maximum Gasteiger partial charge on any atom is 0.162 e. The van der Waals surface area contributed by atoms with E-state index in [9.17, 15) is 0 Å². The molecule has 0 aliphatic carbocycles. The lowest BCUT2D eigenvalue weighted by molar-refractivity contribution is 1.12. The molecule has 3 rings (SSSR count). The number of thiophene rings is 1. The van der Waals surface area contributed by atoms with Crippen molar-refractivity contribution in [3.05, 3.63) is 53.4 Å². The van der Waals surface area contributed by atoms with Crippen LogP contribution in [0.3, 0.4) is 0 Å². The van der Waals surface area contributed by atoms with Crippen LogP contribution in [0.1, 0.15) is 11.8 Å². The summed E-state index contributed by atoms with van der Waals surface area (Å²) in [6.45, 7) is 5.02. The second-order valence-corrected chi connectivity index (χ2v) is 6.06. The Labute approximate surface area is 128 Å². The molecule has 0 atom stereocenters. The molecule has 4 heteroatoms. The minimum Gasteiger partial charge on any atom is -0.370 e. The number of rotatable bonds is 4. The molecule has 3 aromatic rings. The van der Waals surface area contributed by atoms with E-state index in [-0.39, 0.29) is 0 Å². The Morgan fingerprint density at radius 1 is 1.05 bits per heavy atom. The van der Waals surface area contributed by atoms with Gasteiger partial charge in [0, 0.05) is 23.1 Å². The first kappa shape index (κ1) is 13.8. The number of aromatic nitrogens is 2. The van der Waals surface area contributed by atoms with Crippen LogP contribution in [-0.2, 0) is 0 Å². The lowest BCUT2D eigenvalue weighted by atomic mass is 10.2. The normalized spacial score (nSPS) is 10.6. The van der Waals surface area contributed by atoms with Crippen LogP contribution in [0.5, 0.6) is 0 Å². The Morgan fingerprint density at radius 3 is 2.52 bits per heavy atom. The van der Waals surface area contributed by atoms with Crippen LogP contribution in [-0.4, -0.2) is 16.5 Å². The monoisotopic (exact) mass is 295 g/mol. The van der Waals surface area contributed by atoms with Crippen molar-refractivity contribution in [2.24, 2.45) is 0 Å². The second-order valence-electron chi connectivity index (χ2n) is 4.77. The fourth-order valence-corrected chi connectivity index (χ4v) is 2.96. The summed E-state index contributed by atoms with van der Waals surface area (Å²) in [6.07, 6.45) is 0. The topological polar surface area (TPSA) is 37.8 Å². The number of hydrogen-bond donors (Lipinski definition) is 1. The summed E-state index contributed by atoms with van der Waals surface area (Å²) in [5.41, 5.74) is 2.00. The van der Waals surface area contributed by atoms with Crippen LogP contribution < -0.4 is 5.32 Å². The predicted molar refractivity (Wildman–Crippen MR) is 89.7 cm³/mol. The van der Waals surface area contributed by atoms with Gasteiger partial charge < -0.3 is 5.32 Å². The van der Waals surface area contributed by atoms with Crippen molar-refractivity contribution >= 4 is 17.2 Å². The largest absolute Gasteiger partial charge is 0.370 e. The van der Waals surface area contributed by atoms with Crippen molar-refractivity contribution in [3.8, 4) is 22.0 Å². The summed E-state index contributed by atoms with van der Waals surface area (Å²) in [5, 5.41) is 3.29. The van der Waals surface area contributed by atoms with Gasteiger partial charge in [-0.05, 0) is 26.0 Å². The Bertz CT molecular complexity index is 735. The number of hydrogen-bond acceptors (Lipinski definition) is 4. The fourth-order valence-electron chi connectivity index (χ4n) is 2.13. The van der Waals surface area contributed by atoms with E-state index in [4.69, 9.17) is 4.98 Å². The first-order valence-corrected chi connectivity index (χ1v) is 7.83. The van der Waals surface area contributed by atoms with Crippen LogP contribution >= 0.6 is 11.3 Å². The van der Waals surface area contributed by atoms with Crippen molar-refractivity contribution in [2.75, 3.05) is 11.9 Å². The third-order valence-electron chi connectivity index (χ3n) is 3.11. The summed E-state index contributed by atoms with van der Waals surface area (Å²) in [4.78, 5) is 11.8. The molecule has 0 saturated carbocycles. The van der Waals surface area contributed by atoms with Gasteiger partial charge >= 0.3 is 0 Å². The lowest BCUT2D eigenvalue weighted by Crippen LogP contribution is -2.02. The van der Waals surface area contributed by atoms with Crippen LogP contribution in [0, 0.1) is 6.92 Å². The van der Waals surface area contributed by atoms with Crippen molar-refractivity contribution in [3.63, 3.8) is 0 Å². The quantitative estimate of drug-likeness (QED) is 0.763. The number of nitrogens with one attached hydrogen (secondary N) is 1. The number of nitrogens with zero attached hydrogens (tertiary/aromatic N) is 2. The molecule has 0 bridgehead atoms. The average Bonchev–Trinajstić information content (AvgIpc) is 2.95. The summed E-state index contributed by atoms with van der Waals surface area (Å²) in [5.74, 6) is 1.63. The molecule has 106 valence electrons. The van der Waals surface area contributed by atoms with Crippen molar-refractivity contribution in [2.45, 2.75) is 13.8 Å². The zero-order valence-electron chi connectivity index (χ0n) is 12.1. The van der Waals surface area contributed by atoms with E-state index in [1.54, 1.807) is 11.3 Å². The van der Waals surface area contributed by atoms with E-state index >= 15 is 0 Å². The van der Waals surface area contributed by atoms with Gasteiger partial charge in [-0.3, -0.25) is 0 Å². The molecule has 2 heterocycles. The molecule has 3 nitrogen and oxygen atoms in total. The summed E-state index contributed by atoms with van der Waals surface area (Å²) >= 11 is 1.75. The summed E-state index contributed by atoms with van der Waals surface area (Å²) < 4.78 is 0. The van der Waals surface area contributed by atoms with E-state index in [0.717, 1.165) is 29.4 Å². The molecule has 1 aromatic carbocycles. The van der Waals surface area contributed by atoms with Crippen LogP contribution in [0.2, 0.25) is 0 Å². The summed E-state index contributed by atoms with van der Waals surface area (Å²) in [7, 11) is 0. The predicted octanol–water partition coefficient (Wildman–Crippen LogP) is 4.61. The standard InChI is InChI=1S/C17H17N3S/c1-3-18-16-11-14(15-10-9-12(2)21-15)19-17(20-16)13-7-5-4-6-8-13/h4-11H,3H2,1-2H3,(H,18,19,20). The van der Waals surface area contributed by atoms with Crippen molar-refractivity contribution in [1.29, 1.82) is 0 Å². The average molecular weight is 295 g/mol. The third-order valence-corrected chi connectivity index (χ3v) is 4.13. The van der Waals surface area contributed by atoms with Gasteiger partial charge in [0.25, 0.3) is 0 Å². The Balaban J connectivity index is 2.10. The highest BCUT2D eigenvalue weighted by molar-refractivity contribution is 7.15. The Hall–Kier alpha value is -2.20. The van der Waals surface area contributed by atoms with Crippen LogP contribution in [0.15, 0.2) is 48.5 Å². The molecule has 0 spiro atoms. The summed E-state index contributed by atoms with van der Waals surface area (Å²) in [6, 6.07) is 16.3. The van der Waals surface area contributed by atoms with Gasteiger partial charge in [-0.1, -0.05) is 30.3 Å². The van der Waals surface area contributed by atoms with Gasteiger partial charge in [-0.2, -0.15) is 0 Å². The molecule has 0 unspecified atom stereocenters. The molecule has 0 amide bonds. The zero-order chi connectivity index (χ0) is 14.7. The minimum absolute atomic E-state index is 0.759. The van der Waals surface area contributed by atoms with E-state index in [1.807, 2.05) is 36.4 Å². The van der Waals surface area contributed by atoms with Crippen molar-refractivity contribution < 1.29 is 0 Å². The van der Waals surface area contributed by atoms with Crippen molar-refractivity contribution in [1.82, 2.24) is 9.97 Å². The molecule has 0 fully saturated rings. The highest BCUT2D eigenvalue weighted by atomic mass is 32.1. The number of anilines is 1. The van der Waals surface area contributed by atoms with Crippen LogP contribution in [0.25, 0.3) is 22.0 Å². The first-order valence-electron chi connectivity index (χ1n) is 7.01. The number of benzene rings is 1. The first-order chi connectivity index (χ1) is 10.3. The maximum atomic E-state index is 4.73. The zero-order valence-corrected chi connectivity index (χ0v) is 12.9. The highest BCUT2D eigenvalue weighted by Crippen LogP contribution is 2.29. The van der Waals surface area contributed by atoms with Gasteiger partial charge in [-0.15, -0.1) is 11.3 Å². The fraction of sp³-hybridized carbons (Fsp3) is 0.176. The molecular weight excluding hydrogens is 278 g/mol. The van der Waals surface area contributed by atoms with E-state index in [2.05, 4.69) is 36.3 Å². The van der Waals surface area contributed by atoms with E-state index in [0.29, 0.717) is 0 Å². The smallest absolute Gasteiger partial charge is 0.162 e. The Kier molecular flexibility index (Phi) is 3.97. The van der Waals surface area contributed by atoms with Crippen LogP contribution in [0.4, 0.5) is 5.82 Å². The molecule has 0 radical (unpaired) electrons. The molecule has 0 aliphatic rings. The SMILES string of the molecule is CCNc1cc(-c2ccc(C)s2)nc(-c2ccccc2)n1. The molecule has 0 aliphatic heterocycles.